The average molecular weight is 221 g/mol. The molecule has 0 heterocycles. The highest BCUT2D eigenvalue weighted by molar-refractivity contribution is 5.76. The summed E-state index contributed by atoms with van der Waals surface area (Å²) in [5.74, 6) is 0.0886. The van der Waals surface area contributed by atoms with Crippen LogP contribution in [0, 0.1) is 5.92 Å². The average Bonchev–Trinajstić information content (AvgIpc) is 2.44. The second kappa shape index (κ2) is 6.28. The van der Waals surface area contributed by atoms with Crippen molar-refractivity contribution in [2.45, 2.75) is 26.3 Å². The van der Waals surface area contributed by atoms with Gasteiger partial charge in [-0.2, -0.15) is 0 Å². The highest BCUT2D eigenvalue weighted by Gasteiger charge is 2.15. The van der Waals surface area contributed by atoms with Gasteiger partial charge in [-0.1, -0.05) is 37.3 Å². The maximum atomic E-state index is 11.4. The Labute approximate surface area is 96.7 Å². The fraction of sp³-hybridized carbons (Fsp3) is 0.462. The molecule has 2 N–H and O–H groups in total. The molecule has 0 fully saturated rings. The van der Waals surface area contributed by atoms with Gasteiger partial charge in [-0.05, 0) is 24.8 Å². The van der Waals surface area contributed by atoms with Crippen molar-refractivity contribution < 1.29 is 9.53 Å². The van der Waals surface area contributed by atoms with Crippen molar-refractivity contribution in [1.82, 2.24) is 0 Å². The van der Waals surface area contributed by atoms with E-state index in [4.69, 9.17) is 10.5 Å². The second-order valence-electron chi connectivity index (χ2n) is 3.91. The Morgan fingerprint density at radius 3 is 3.00 bits per heavy atom. The van der Waals surface area contributed by atoms with E-state index in [-0.39, 0.29) is 5.97 Å². The molecule has 3 heteroatoms. The van der Waals surface area contributed by atoms with E-state index in [1.807, 2.05) is 18.2 Å². The van der Waals surface area contributed by atoms with E-state index in [9.17, 15) is 4.79 Å². The Balaban J connectivity index is 2.54. The number of rotatable bonds is 4. The standard InChI is InChI=1S/C13H19NO2/c1-3-16-13(15)12(14)9-11-6-4-5-10(2)7-8-11/h4-8,10,12H,3,9,14H2,1-2H3. The molecule has 1 aliphatic carbocycles. The minimum absolute atomic E-state index is 0.335. The SMILES string of the molecule is CCOC(=O)C(N)CC1=CC=CC(C)C=C1. The van der Waals surface area contributed by atoms with Crippen LogP contribution in [0.15, 0.2) is 36.0 Å². The van der Waals surface area contributed by atoms with Gasteiger partial charge in [-0.25, -0.2) is 0 Å². The summed E-state index contributed by atoms with van der Waals surface area (Å²) in [5, 5.41) is 0. The molecular formula is C13H19NO2. The number of hydrogen-bond acceptors (Lipinski definition) is 3. The van der Waals surface area contributed by atoms with Crippen LogP contribution in [0.1, 0.15) is 20.3 Å². The monoisotopic (exact) mass is 221 g/mol. The van der Waals surface area contributed by atoms with Crippen LogP contribution in [0.5, 0.6) is 0 Å². The van der Waals surface area contributed by atoms with E-state index in [1.54, 1.807) is 6.92 Å². The van der Waals surface area contributed by atoms with Gasteiger partial charge >= 0.3 is 5.97 Å². The molecule has 1 rings (SSSR count). The van der Waals surface area contributed by atoms with Crippen molar-refractivity contribution in [3.63, 3.8) is 0 Å². The highest BCUT2D eigenvalue weighted by atomic mass is 16.5. The van der Waals surface area contributed by atoms with Gasteiger partial charge in [0.2, 0.25) is 0 Å². The topological polar surface area (TPSA) is 52.3 Å². The Bertz CT molecular complexity index is 329. The molecule has 0 aromatic heterocycles. The lowest BCUT2D eigenvalue weighted by Crippen LogP contribution is -2.32. The van der Waals surface area contributed by atoms with Crippen LogP contribution in [0.4, 0.5) is 0 Å². The fourth-order valence-electron chi connectivity index (χ4n) is 1.47. The molecule has 2 unspecified atom stereocenters. The number of esters is 1. The van der Waals surface area contributed by atoms with E-state index in [0.717, 1.165) is 5.57 Å². The Morgan fingerprint density at radius 1 is 1.56 bits per heavy atom. The van der Waals surface area contributed by atoms with Crippen molar-refractivity contribution in [3.05, 3.63) is 36.0 Å². The van der Waals surface area contributed by atoms with E-state index >= 15 is 0 Å². The highest BCUT2D eigenvalue weighted by Crippen LogP contribution is 2.14. The van der Waals surface area contributed by atoms with Gasteiger partial charge in [0.05, 0.1) is 6.61 Å². The van der Waals surface area contributed by atoms with Crippen LogP contribution in [-0.2, 0) is 9.53 Å². The summed E-state index contributed by atoms with van der Waals surface area (Å²) in [5.41, 5.74) is 6.80. The van der Waals surface area contributed by atoms with Crippen LogP contribution in [-0.4, -0.2) is 18.6 Å². The number of carbonyl (C=O) groups excluding carboxylic acids is 1. The minimum atomic E-state index is -0.572. The molecular weight excluding hydrogens is 202 g/mol. The van der Waals surface area contributed by atoms with Gasteiger partial charge in [0.25, 0.3) is 0 Å². The van der Waals surface area contributed by atoms with Crippen LogP contribution in [0.25, 0.3) is 0 Å². The zero-order valence-electron chi connectivity index (χ0n) is 9.85. The van der Waals surface area contributed by atoms with Crippen LogP contribution >= 0.6 is 0 Å². The van der Waals surface area contributed by atoms with Gasteiger partial charge in [0.1, 0.15) is 6.04 Å². The summed E-state index contributed by atoms with van der Waals surface area (Å²) >= 11 is 0. The third kappa shape index (κ3) is 4.03. The van der Waals surface area contributed by atoms with Crippen LogP contribution < -0.4 is 5.73 Å². The van der Waals surface area contributed by atoms with E-state index < -0.39 is 6.04 Å². The molecule has 1 aliphatic rings. The Hall–Kier alpha value is -1.35. The summed E-state index contributed by atoms with van der Waals surface area (Å²) in [6.07, 6.45) is 10.7. The summed E-state index contributed by atoms with van der Waals surface area (Å²) in [7, 11) is 0. The first-order valence-electron chi connectivity index (χ1n) is 5.61. The largest absolute Gasteiger partial charge is 0.465 e. The number of nitrogens with two attached hydrogens (primary N) is 1. The van der Waals surface area contributed by atoms with Gasteiger partial charge in [0.15, 0.2) is 0 Å². The van der Waals surface area contributed by atoms with Crippen LogP contribution in [0.3, 0.4) is 0 Å². The summed E-state index contributed by atoms with van der Waals surface area (Å²) < 4.78 is 4.86. The Morgan fingerprint density at radius 2 is 2.31 bits per heavy atom. The van der Waals surface area contributed by atoms with Crippen molar-refractivity contribution in [2.24, 2.45) is 11.7 Å². The van der Waals surface area contributed by atoms with Gasteiger partial charge < -0.3 is 10.5 Å². The summed E-state index contributed by atoms with van der Waals surface area (Å²) in [4.78, 5) is 11.4. The lowest BCUT2D eigenvalue weighted by molar-refractivity contribution is -0.144. The van der Waals surface area contributed by atoms with Gasteiger partial charge in [-0.15, -0.1) is 0 Å². The number of carbonyl (C=O) groups is 1. The van der Waals surface area contributed by atoms with Gasteiger partial charge in [-0.3, -0.25) is 4.79 Å². The normalized spacial score (nSPS) is 21.2. The second-order valence-corrected chi connectivity index (χ2v) is 3.91. The molecule has 0 aromatic rings. The lowest BCUT2D eigenvalue weighted by atomic mass is 10.1. The van der Waals surface area contributed by atoms with Crippen molar-refractivity contribution in [3.8, 4) is 0 Å². The van der Waals surface area contributed by atoms with Crippen molar-refractivity contribution in [2.75, 3.05) is 6.61 Å². The predicted octanol–water partition coefficient (Wildman–Crippen LogP) is 1.96. The predicted molar refractivity (Wildman–Crippen MR) is 64.8 cm³/mol. The zero-order valence-corrected chi connectivity index (χ0v) is 9.85. The first-order valence-corrected chi connectivity index (χ1v) is 5.61. The smallest absolute Gasteiger partial charge is 0.323 e. The molecule has 0 aromatic carbocycles. The summed E-state index contributed by atoms with van der Waals surface area (Å²) in [6, 6.07) is -0.572. The van der Waals surface area contributed by atoms with Crippen LogP contribution in [0.2, 0.25) is 0 Å². The lowest BCUT2D eigenvalue weighted by Gasteiger charge is -2.10. The zero-order chi connectivity index (χ0) is 12.0. The fourth-order valence-corrected chi connectivity index (χ4v) is 1.47. The van der Waals surface area contributed by atoms with E-state index in [2.05, 4.69) is 19.1 Å². The maximum Gasteiger partial charge on any atom is 0.323 e. The first kappa shape index (κ1) is 12.7. The molecule has 0 aliphatic heterocycles. The third-order valence-corrected chi connectivity index (χ3v) is 2.38. The molecule has 0 amide bonds. The molecule has 3 nitrogen and oxygen atoms in total. The number of allylic oxidation sites excluding steroid dienone is 5. The molecule has 0 saturated heterocycles. The van der Waals surface area contributed by atoms with Gasteiger partial charge in [0, 0.05) is 0 Å². The number of hydrogen-bond donors (Lipinski definition) is 1. The molecule has 2 atom stereocenters. The minimum Gasteiger partial charge on any atom is -0.465 e. The molecule has 0 radical (unpaired) electrons. The molecule has 0 spiro atoms. The van der Waals surface area contributed by atoms with Crippen molar-refractivity contribution in [1.29, 1.82) is 0 Å². The molecule has 0 bridgehead atoms. The van der Waals surface area contributed by atoms with Crippen molar-refractivity contribution >= 4 is 5.97 Å². The summed E-state index contributed by atoms with van der Waals surface area (Å²) in [6.45, 7) is 4.26. The quantitative estimate of drug-likeness (QED) is 0.738. The number of ether oxygens (including phenoxy) is 1. The van der Waals surface area contributed by atoms with E-state index in [1.165, 1.54) is 0 Å². The van der Waals surface area contributed by atoms with E-state index in [0.29, 0.717) is 18.9 Å². The molecule has 0 saturated carbocycles. The first-order chi connectivity index (χ1) is 7.63. The molecule has 88 valence electrons. The third-order valence-electron chi connectivity index (χ3n) is 2.38. The maximum absolute atomic E-state index is 11.4. The molecule has 16 heavy (non-hydrogen) atoms. The Kier molecular flexibility index (Phi) is 4.99.